The van der Waals surface area contributed by atoms with Gasteiger partial charge in [-0.05, 0) is 52.0 Å². The molecular formula is C16H34N2. The molecule has 0 radical (unpaired) electrons. The topological polar surface area (TPSA) is 15.3 Å². The maximum atomic E-state index is 3.77. The Morgan fingerprint density at radius 2 is 1.89 bits per heavy atom. The van der Waals surface area contributed by atoms with Crippen LogP contribution in [0, 0.1) is 11.8 Å². The lowest BCUT2D eigenvalue weighted by molar-refractivity contribution is 0.232. The highest BCUT2D eigenvalue weighted by Gasteiger charge is 2.22. The summed E-state index contributed by atoms with van der Waals surface area (Å²) in [5.41, 5.74) is 0. The zero-order valence-corrected chi connectivity index (χ0v) is 13.2. The quantitative estimate of drug-likeness (QED) is 0.748. The minimum atomic E-state index is 0.659. The molecule has 2 heteroatoms. The van der Waals surface area contributed by atoms with Gasteiger partial charge in [0.25, 0.3) is 0 Å². The van der Waals surface area contributed by atoms with E-state index in [0.29, 0.717) is 6.04 Å². The third-order valence-corrected chi connectivity index (χ3v) is 4.37. The van der Waals surface area contributed by atoms with E-state index in [1.165, 1.54) is 38.6 Å². The van der Waals surface area contributed by atoms with E-state index in [0.717, 1.165) is 24.4 Å². The molecule has 1 aliphatic rings. The third kappa shape index (κ3) is 6.19. The smallest absolute Gasteiger partial charge is 0.0107 e. The van der Waals surface area contributed by atoms with E-state index < -0.39 is 0 Å². The second kappa shape index (κ2) is 8.16. The SMILES string of the molecule is CC(C)CC1CCCC(NCCN(C)C(C)C)C1. The van der Waals surface area contributed by atoms with Crippen molar-refractivity contribution in [3.63, 3.8) is 0 Å². The largest absolute Gasteiger partial charge is 0.313 e. The first-order valence-electron chi connectivity index (χ1n) is 7.92. The maximum Gasteiger partial charge on any atom is 0.0107 e. The van der Waals surface area contributed by atoms with Crippen molar-refractivity contribution in [2.75, 3.05) is 20.1 Å². The van der Waals surface area contributed by atoms with Crippen molar-refractivity contribution in [1.29, 1.82) is 0 Å². The number of nitrogens with zero attached hydrogens (tertiary/aromatic N) is 1. The molecule has 0 aliphatic heterocycles. The van der Waals surface area contributed by atoms with E-state index >= 15 is 0 Å². The van der Waals surface area contributed by atoms with Crippen molar-refractivity contribution >= 4 is 0 Å². The third-order valence-electron chi connectivity index (χ3n) is 4.37. The van der Waals surface area contributed by atoms with Crippen LogP contribution in [0.4, 0.5) is 0 Å². The van der Waals surface area contributed by atoms with Crippen molar-refractivity contribution in [3.05, 3.63) is 0 Å². The Morgan fingerprint density at radius 1 is 1.17 bits per heavy atom. The van der Waals surface area contributed by atoms with Gasteiger partial charge in [-0.15, -0.1) is 0 Å². The predicted molar refractivity (Wildman–Crippen MR) is 81.0 cm³/mol. The molecule has 1 N–H and O–H groups in total. The molecule has 18 heavy (non-hydrogen) atoms. The Hall–Kier alpha value is -0.0800. The molecule has 1 aliphatic carbocycles. The summed E-state index contributed by atoms with van der Waals surface area (Å²) in [6, 6.07) is 1.44. The van der Waals surface area contributed by atoms with Crippen molar-refractivity contribution in [3.8, 4) is 0 Å². The maximum absolute atomic E-state index is 3.77. The lowest BCUT2D eigenvalue weighted by atomic mass is 9.81. The lowest BCUT2D eigenvalue weighted by Gasteiger charge is -2.31. The van der Waals surface area contributed by atoms with Gasteiger partial charge in [-0.3, -0.25) is 0 Å². The molecule has 0 aromatic carbocycles. The van der Waals surface area contributed by atoms with Gasteiger partial charge in [0.05, 0.1) is 0 Å². The number of nitrogens with one attached hydrogen (secondary N) is 1. The minimum absolute atomic E-state index is 0.659. The molecule has 0 aromatic rings. The second-order valence-corrected chi connectivity index (χ2v) is 6.89. The molecule has 1 saturated carbocycles. The standard InChI is InChI=1S/C16H34N2/c1-13(2)11-15-7-6-8-16(12-15)17-9-10-18(5)14(3)4/h13-17H,6-12H2,1-5H3. The highest BCUT2D eigenvalue weighted by molar-refractivity contribution is 4.79. The van der Waals surface area contributed by atoms with Gasteiger partial charge in [0.1, 0.15) is 0 Å². The fourth-order valence-electron chi connectivity index (χ4n) is 3.06. The minimum Gasteiger partial charge on any atom is -0.313 e. The molecule has 2 unspecified atom stereocenters. The van der Waals surface area contributed by atoms with Crippen LogP contribution in [0.25, 0.3) is 0 Å². The van der Waals surface area contributed by atoms with Crippen LogP contribution in [-0.4, -0.2) is 37.1 Å². The molecule has 0 bridgehead atoms. The summed E-state index contributed by atoms with van der Waals surface area (Å²) in [5, 5.41) is 3.77. The van der Waals surface area contributed by atoms with Gasteiger partial charge < -0.3 is 10.2 Å². The lowest BCUT2D eigenvalue weighted by Crippen LogP contribution is -2.40. The zero-order chi connectivity index (χ0) is 13.5. The van der Waals surface area contributed by atoms with Crippen molar-refractivity contribution in [2.24, 2.45) is 11.8 Å². The summed E-state index contributed by atoms with van der Waals surface area (Å²) >= 11 is 0. The Labute approximate surface area is 115 Å². The van der Waals surface area contributed by atoms with Crippen LogP contribution in [0.15, 0.2) is 0 Å². The Kier molecular flexibility index (Phi) is 7.25. The van der Waals surface area contributed by atoms with Crippen molar-refractivity contribution in [2.45, 2.75) is 71.9 Å². The Morgan fingerprint density at radius 3 is 2.50 bits per heavy atom. The average Bonchev–Trinajstić information content (AvgIpc) is 2.28. The molecule has 2 atom stereocenters. The summed E-state index contributed by atoms with van der Waals surface area (Å²) in [4.78, 5) is 2.42. The Bertz CT molecular complexity index is 213. The number of hydrogen-bond acceptors (Lipinski definition) is 2. The van der Waals surface area contributed by atoms with Crippen LogP contribution in [-0.2, 0) is 0 Å². The molecular weight excluding hydrogens is 220 g/mol. The first kappa shape index (κ1) is 16.0. The first-order chi connectivity index (χ1) is 8.49. The van der Waals surface area contributed by atoms with Crippen LogP contribution in [0.1, 0.15) is 59.8 Å². The first-order valence-corrected chi connectivity index (χ1v) is 7.92. The zero-order valence-electron chi connectivity index (χ0n) is 13.2. The molecule has 0 spiro atoms. The van der Waals surface area contributed by atoms with Gasteiger partial charge >= 0.3 is 0 Å². The summed E-state index contributed by atoms with van der Waals surface area (Å²) in [5.74, 6) is 1.83. The summed E-state index contributed by atoms with van der Waals surface area (Å²) < 4.78 is 0. The molecule has 0 aromatic heterocycles. The van der Waals surface area contributed by atoms with E-state index in [1.807, 2.05) is 0 Å². The molecule has 0 heterocycles. The van der Waals surface area contributed by atoms with Gasteiger partial charge in [-0.1, -0.05) is 26.7 Å². The van der Waals surface area contributed by atoms with Crippen LogP contribution in [0.2, 0.25) is 0 Å². The molecule has 1 rings (SSSR count). The van der Waals surface area contributed by atoms with E-state index in [4.69, 9.17) is 0 Å². The van der Waals surface area contributed by atoms with Gasteiger partial charge in [0.15, 0.2) is 0 Å². The predicted octanol–water partition coefficient (Wildman–Crippen LogP) is 3.52. The molecule has 0 amide bonds. The fourth-order valence-corrected chi connectivity index (χ4v) is 3.06. The summed E-state index contributed by atoms with van der Waals surface area (Å²) in [7, 11) is 2.22. The Balaban J connectivity index is 2.18. The van der Waals surface area contributed by atoms with E-state index in [1.54, 1.807) is 0 Å². The monoisotopic (exact) mass is 254 g/mol. The van der Waals surface area contributed by atoms with Crippen LogP contribution < -0.4 is 5.32 Å². The number of hydrogen-bond donors (Lipinski definition) is 1. The van der Waals surface area contributed by atoms with E-state index in [-0.39, 0.29) is 0 Å². The van der Waals surface area contributed by atoms with Gasteiger partial charge in [0.2, 0.25) is 0 Å². The van der Waals surface area contributed by atoms with Crippen LogP contribution >= 0.6 is 0 Å². The van der Waals surface area contributed by atoms with Crippen molar-refractivity contribution in [1.82, 2.24) is 10.2 Å². The van der Waals surface area contributed by atoms with Gasteiger partial charge in [-0.2, -0.15) is 0 Å². The second-order valence-electron chi connectivity index (χ2n) is 6.89. The van der Waals surface area contributed by atoms with E-state index in [2.05, 4.69) is 45.0 Å². The van der Waals surface area contributed by atoms with Gasteiger partial charge in [-0.25, -0.2) is 0 Å². The normalized spacial score (nSPS) is 25.3. The summed E-state index contributed by atoms with van der Waals surface area (Å²) in [6.07, 6.45) is 7.10. The average molecular weight is 254 g/mol. The van der Waals surface area contributed by atoms with Gasteiger partial charge in [0, 0.05) is 25.2 Å². The van der Waals surface area contributed by atoms with Crippen molar-refractivity contribution < 1.29 is 0 Å². The number of rotatable bonds is 7. The molecule has 2 nitrogen and oxygen atoms in total. The molecule has 108 valence electrons. The molecule has 1 fully saturated rings. The van der Waals surface area contributed by atoms with Crippen LogP contribution in [0.5, 0.6) is 0 Å². The number of likely N-dealkylation sites (N-methyl/N-ethyl adjacent to an activating group) is 1. The molecule has 0 saturated heterocycles. The van der Waals surface area contributed by atoms with Crippen LogP contribution in [0.3, 0.4) is 0 Å². The fraction of sp³-hybridized carbons (Fsp3) is 1.00. The summed E-state index contributed by atoms with van der Waals surface area (Å²) in [6.45, 7) is 11.6. The highest BCUT2D eigenvalue weighted by Crippen LogP contribution is 2.29. The highest BCUT2D eigenvalue weighted by atomic mass is 15.1. The van der Waals surface area contributed by atoms with E-state index in [9.17, 15) is 0 Å².